The summed E-state index contributed by atoms with van der Waals surface area (Å²) in [5, 5.41) is 0.743. The van der Waals surface area contributed by atoms with E-state index in [0.717, 1.165) is 44.0 Å². The number of benzene rings is 2. The fourth-order valence-electron chi connectivity index (χ4n) is 4.07. The van der Waals surface area contributed by atoms with Crippen molar-refractivity contribution in [3.63, 3.8) is 0 Å². The van der Waals surface area contributed by atoms with Crippen LogP contribution in [0.2, 0.25) is 0 Å². The average molecular weight is 430 g/mol. The van der Waals surface area contributed by atoms with Gasteiger partial charge in [-0.05, 0) is 67.1 Å². The molecular weight excluding hydrogens is 402 g/mol. The summed E-state index contributed by atoms with van der Waals surface area (Å²) in [6.07, 6.45) is 4.83. The maximum Gasteiger partial charge on any atom is 0.233 e. The normalized spacial score (nSPS) is 11.1. The first-order valence-corrected chi connectivity index (χ1v) is 11.4. The second-order valence-electron chi connectivity index (χ2n) is 8.01. The van der Waals surface area contributed by atoms with Gasteiger partial charge in [-0.1, -0.05) is 54.2 Å². The Morgan fingerprint density at radius 3 is 2.52 bits per heavy atom. The number of carbonyl (C=O) groups is 1. The largest absolute Gasteiger partial charge is 0.283 e. The second-order valence-corrected chi connectivity index (χ2v) is 9.02. The zero-order valence-corrected chi connectivity index (χ0v) is 19.3. The van der Waals surface area contributed by atoms with Gasteiger partial charge in [-0.15, -0.1) is 0 Å². The van der Waals surface area contributed by atoms with Crippen molar-refractivity contribution in [2.45, 2.75) is 47.1 Å². The molecule has 2 heterocycles. The highest BCUT2D eigenvalue weighted by atomic mass is 32.1. The van der Waals surface area contributed by atoms with Gasteiger partial charge in [-0.25, -0.2) is 4.98 Å². The number of para-hydroxylation sites is 1. The molecule has 31 heavy (non-hydrogen) atoms. The van der Waals surface area contributed by atoms with E-state index in [2.05, 4.69) is 63.0 Å². The molecule has 0 unspecified atom stereocenters. The molecule has 0 aliphatic heterocycles. The number of aryl methyl sites for hydroxylation is 4. The van der Waals surface area contributed by atoms with Crippen LogP contribution in [-0.4, -0.2) is 15.9 Å². The van der Waals surface area contributed by atoms with Gasteiger partial charge in [-0.3, -0.25) is 14.7 Å². The fourth-order valence-corrected chi connectivity index (χ4v) is 5.10. The first-order chi connectivity index (χ1) is 15.0. The maximum absolute atomic E-state index is 13.6. The third-order valence-corrected chi connectivity index (χ3v) is 6.68. The highest BCUT2D eigenvalue weighted by Gasteiger charge is 2.22. The number of rotatable bonds is 6. The van der Waals surface area contributed by atoms with Gasteiger partial charge in [0.25, 0.3) is 0 Å². The van der Waals surface area contributed by atoms with Crippen LogP contribution in [0.1, 0.15) is 40.3 Å². The van der Waals surface area contributed by atoms with Crippen LogP contribution < -0.4 is 4.90 Å². The van der Waals surface area contributed by atoms with Crippen LogP contribution in [0, 0.1) is 20.8 Å². The molecule has 4 nitrogen and oxygen atoms in total. The summed E-state index contributed by atoms with van der Waals surface area (Å²) in [4.78, 5) is 24.6. The lowest BCUT2D eigenvalue weighted by Crippen LogP contribution is -2.32. The fraction of sp³-hybridized carbons (Fsp3) is 0.269. The maximum atomic E-state index is 13.6. The summed E-state index contributed by atoms with van der Waals surface area (Å²) in [6, 6.07) is 14.4. The highest BCUT2D eigenvalue weighted by molar-refractivity contribution is 7.22. The number of anilines is 1. The SMILES string of the molecule is CCc1cccc2sc(N(Cc3cccnc3)C(=O)Cc3c(C)cc(C)cc3C)nc12. The van der Waals surface area contributed by atoms with Gasteiger partial charge in [0.15, 0.2) is 5.13 Å². The van der Waals surface area contributed by atoms with Crippen molar-refractivity contribution < 1.29 is 4.79 Å². The molecule has 0 saturated carbocycles. The van der Waals surface area contributed by atoms with E-state index in [9.17, 15) is 4.79 Å². The molecule has 0 spiro atoms. The summed E-state index contributed by atoms with van der Waals surface area (Å²) in [5.41, 5.74) is 7.83. The van der Waals surface area contributed by atoms with Gasteiger partial charge in [0, 0.05) is 12.4 Å². The Bertz CT molecular complexity index is 1210. The molecular formula is C26H27N3OS. The molecule has 1 amide bonds. The van der Waals surface area contributed by atoms with Crippen molar-refractivity contribution in [2.24, 2.45) is 0 Å². The number of pyridine rings is 1. The first-order valence-electron chi connectivity index (χ1n) is 10.6. The van der Waals surface area contributed by atoms with Crippen molar-refractivity contribution >= 4 is 32.6 Å². The molecule has 0 aliphatic rings. The summed E-state index contributed by atoms with van der Waals surface area (Å²) >= 11 is 1.58. The van der Waals surface area contributed by atoms with Crippen molar-refractivity contribution in [2.75, 3.05) is 4.90 Å². The molecule has 0 radical (unpaired) electrons. The molecule has 0 saturated heterocycles. The van der Waals surface area contributed by atoms with E-state index in [-0.39, 0.29) is 5.91 Å². The average Bonchev–Trinajstić information content (AvgIpc) is 3.19. The molecule has 0 fully saturated rings. The van der Waals surface area contributed by atoms with Crippen LogP contribution in [0.25, 0.3) is 10.2 Å². The van der Waals surface area contributed by atoms with Crippen LogP contribution in [0.3, 0.4) is 0 Å². The Hall–Kier alpha value is -3.05. The smallest absolute Gasteiger partial charge is 0.233 e. The number of fused-ring (bicyclic) bond motifs is 1. The molecule has 0 N–H and O–H groups in total. The zero-order valence-electron chi connectivity index (χ0n) is 18.5. The minimum atomic E-state index is 0.0519. The molecule has 2 aromatic heterocycles. The summed E-state index contributed by atoms with van der Waals surface area (Å²) < 4.78 is 1.11. The summed E-state index contributed by atoms with van der Waals surface area (Å²) in [7, 11) is 0. The number of hydrogen-bond acceptors (Lipinski definition) is 4. The van der Waals surface area contributed by atoms with Gasteiger partial charge in [0.05, 0.1) is 23.2 Å². The monoisotopic (exact) mass is 429 g/mol. The minimum Gasteiger partial charge on any atom is -0.283 e. The van der Waals surface area contributed by atoms with E-state index in [4.69, 9.17) is 4.98 Å². The first kappa shape index (κ1) is 21.2. The van der Waals surface area contributed by atoms with Crippen molar-refractivity contribution in [3.8, 4) is 0 Å². The molecule has 4 aromatic rings. The van der Waals surface area contributed by atoms with Crippen LogP contribution >= 0.6 is 11.3 Å². The Morgan fingerprint density at radius 1 is 1.06 bits per heavy atom. The number of hydrogen-bond donors (Lipinski definition) is 0. The predicted octanol–water partition coefficient (Wildman–Crippen LogP) is 5.95. The Labute approximate surface area is 187 Å². The minimum absolute atomic E-state index is 0.0519. The number of aromatic nitrogens is 2. The van der Waals surface area contributed by atoms with Crippen LogP contribution in [0.15, 0.2) is 54.9 Å². The quantitative estimate of drug-likeness (QED) is 0.380. The zero-order chi connectivity index (χ0) is 22.0. The van der Waals surface area contributed by atoms with E-state index in [1.54, 1.807) is 17.5 Å². The highest BCUT2D eigenvalue weighted by Crippen LogP contribution is 2.32. The van der Waals surface area contributed by atoms with Crippen molar-refractivity contribution in [1.82, 2.24) is 9.97 Å². The van der Waals surface area contributed by atoms with Gasteiger partial charge >= 0.3 is 0 Å². The van der Waals surface area contributed by atoms with Gasteiger partial charge in [0.2, 0.25) is 5.91 Å². The summed E-state index contributed by atoms with van der Waals surface area (Å²) in [6.45, 7) is 8.85. The van der Waals surface area contributed by atoms with Crippen molar-refractivity contribution in [1.29, 1.82) is 0 Å². The third kappa shape index (κ3) is 4.52. The molecule has 2 aromatic carbocycles. The second kappa shape index (κ2) is 8.98. The van der Waals surface area contributed by atoms with Crippen LogP contribution in [0.4, 0.5) is 5.13 Å². The Balaban J connectivity index is 1.74. The van der Waals surface area contributed by atoms with E-state index < -0.39 is 0 Å². The number of nitrogens with zero attached hydrogens (tertiary/aromatic N) is 3. The topological polar surface area (TPSA) is 46.1 Å². The summed E-state index contributed by atoms with van der Waals surface area (Å²) in [5.74, 6) is 0.0519. The number of thiazole rings is 1. The van der Waals surface area contributed by atoms with Crippen molar-refractivity contribution in [3.05, 3.63) is 88.2 Å². The molecule has 0 atom stereocenters. The van der Waals surface area contributed by atoms with Gasteiger partial charge in [-0.2, -0.15) is 0 Å². The third-order valence-electron chi connectivity index (χ3n) is 5.64. The molecule has 0 bridgehead atoms. The van der Waals surface area contributed by atoms with Crippen LogP contribution in [-0.2, 0) is 24.2 Å². The number of carbonyl (C=O) groups excluding carboxylic acids is 1. The molecule has 158 valence electrons. The lowest BCUT2D eigenvalue weighted by atomic mass is 9.97. The Kier molecular flexibility index (Phi) is 6.14. The van der Waals surface area contributed by atoms with E-state index in [1.165, 1.54) is 11.1 Å². The van der Waals surface area contributed by atoms with E-state index in [1.807, 2.05) is 23.2 Å². The number of amides is 1. The standard InChI is InChI=1S/C26H27N3OS/c1-5-21-9-6-10-23-25(21)28-26(31-23)29(16-20-8-7-11-27-15-20)24(30)14-22-18(3)12-17(2)13-19(22)4/h6-13,15H,5,14,16H2,1-4H3. The predicted molar refractivity (Wildman–Crippen MR) is 129 cm³/mol. The van der Waals surface area contributed by atoms with E-state index in [0.29, 0.717) is 13.0 Å². The lowest BCUT2D eigenvalue weighted by molar-refractivity contribution is -0.118. The molecule has 4 rings (SSSR count). The van der Waals surface area contributed by atoms with E-state index >= 15 is 0 Å². The van der Waals surface area contributed by atoms with Gasteiger partial charge in [0.1, 0.15) is 0 Å². The Morgan fingerprint density at radius 2 is 1.84 bits per heavy atom. The molecule has 0 aliphatic carbocycles. The van der Waals surface area contributed by atoms with Crippen LogP contribution in [0.5, 0.6) is 0 Å². The lowest BCUT2D eigenvalue weighted by Gasteiger charge is -2.21. The molecule has 5 heteroatoms. The van der Waals surface area contributed by atoms with Gasteiger partial charge < -0.3 is 0 Å².